The molecule has 0 spiro atoms. The van der Waals surface area contributed by atoms with Crippen molar-refractivity contribution in [3.05, 3.63) is 58.1 Å². The lowest BCUT2D eigenvalue weighted by atomic mass is 10.1. The molecule has 0 bridgehead atoms. The summed E-state index contributed by atoms with van der Waals surface area (Å²) in [6, 6.07) is 14.8. The number of hydrogen-bond acceptors (Lipinski definition) is 3. The Labute approximate surface area is 140 Å². The Morgan fingerprint density at radius 1 is 1.18 bits per heavy atom. The van der Waals surface area contributed by atoms with E-state index in [4.69, 9.17) is 9.47 Å². The van der Waals surface area contributed by atoms with Crippen LogP contribution in [0.25, 0.3) is 0 Å². The van der Waals surface area contributed by atoms with Crippen LogP contribution in [-0.4, -0.2) is 13.7 Å². The Kier molecular flexibility index (Phi) is 6.28. The van der Waals surface area contributed by atoms with E-state index in [9.17, 15) is 0 Å². The molecule has 2 aromatic carbocycles. The van der Waals surface area contributed by atoms with Gasteiger partial charge in [-0.2, -0.15) is 0 Å². The molecule has 118 valence electrons. The van der Waals surface area contributed by atoms with E-state index in [0.717, 1.165) is 28.1 Å². The first-order chi connectivity index (χ1) is 10.7. The fraction of sp³-hybridized carbons (Fsp3) is 0.333. The minimum atomic E-state index is 0.289. The molecule has 1 N–H and O–H groups in total. The van der Waals surface area contributed by atoms with Crippen LogP contribution < -0.4 is 14.8 Å². The average molecular weight is 364 g/mol. The maximum absolute atomic E-state index is 5.66. The first-order valence-corrected chi connectivity index (χ1v) is 8.22. The Balaban J connectivity index is 2.09. The van der Waals surface area contributed by atoms with Crippen LogP contribution in [-0.2, 0) is 6.54 Å². The molecule has 0 radical (unpaired) electrons. The molecule has 0 saturated carbocycles. The molecule has 22 heavy (non-hydrogen) atoms. The lowest BCUT2D eigenvalue weighted by Gasteiger charge is -2.16. The number of ether oxygens (including phenoxy) is 2. The molecule has 4 heteroatoms. The maximum atomic E-state index is 5.66. The van der Waals surface area contributed by atoms with E-state index in [-0.39, 0.29) is 6.04 Å². The van der Waals surface area contributed by atoms with E-state index in [1.807, 2.05) is 19.1 Å². The maximum Gasteiger partial charge on any atom is 0.174 e. The second kappa shape index (κ2) is 8.20. The van der Waals surface area contributed by atoms with Gasteiger partial charge in [-0.25, -0.2) is 0 Å². The second-order valence-electron chi connectivity index (χ2n) is 5.06. The van der Waals surface area contributed by atoms with E-state index in [1.165, 1.54) is 5.56 Å². The lowest BCUT2D eigenvalue weighted by Crippen LogP contribution is -2.18. The Morgan fingerprint density at radius 2 is 1.91 bits per heavy atom. The van der Waals surface area contributed by atoms with Crippen LogP contribution in [0.5, 0.6) is 11.5 Å². The molecule has 0 amide bonds. The summed E-state index contributed by atoms with van der Waals surface area (Å²) >= 11 is 3.55. The van der Waals surface area contributed by atoms with Crippen molar-refractivity contribution < 1.29 is 9.47 Å². The Hall–Kier alpha value is -1.52. The van der Waals surface area contributed by atoms with Crippen molar-refractivity contribution in [1.29, 1.82) is 0 Å². The van der Waals surface area contributed by atoms with E-state index in [2.05, 4.69) is 58.5 Å². The quantitative estimate of drug-likeness (QED) is 0.772. The SMILES string of the molecule is CCOc1cc(CN[C@H](C)c2ccccc2)cc(Br)c1OC. The highest BCUT2D eigenvalue weighted by atomic mass is 79.9. The van der Waals surface area contributed by atoms with Crippen molar-refractivity contribution in [1.82, 2.24) is 5.32 Å². The summed E-state index contributed by atoms with van der Waals surface area (Å²) in [6.07, 6.45) is 0. The van der Waals surface area contributed by atoms with Crippen molar-refractivity contribution in [3.63, 3.8) is 0 Å². The van der Waals surface area contributed by atoms with Gasteiger partial charge in [0, 0.05) is 12.6 Å². The van der Waals surface area contributed by atoms with Gasteiger partial charge in [-0.3, -0.25) is 0 Å². The fourth-order valence-electron chi connectivity index (χ4n) is 2.31. The van der Waals surface area contributed by atoms with Gasteiger partial charge in [-0.15, -0.1) is 0 Å². The first-order valence-electron chi connectivity index (χ1n) is 7.43. The molecule has 1 atom stereocenters. The van der Waals surface area contributed by atoms with Gasteiger partial charge in [0.2, 0.25) is 0 Å². The van der Waals surface area contributed by atoms with Crippen molar-refractivity contribution in [2.75, 3.05) is 13.7 Å². The van der Waals surface area contributed by atoms with Crippen LogP contribution in [0.3, 0.4) is 0 Å². The van der Waals surface area contributed by atoms with Gasteiger partial charge in [-0.1, -0.05) is 30.3 Å². The van der Waals surface area contributed by atoms with Crippen LogP contribution in [0.2, 0.25) is 0 Å². The third-order valence-electron chi connectivity index (χ3n) is 3.49. The summed E-state index contributed by atoms with van der Waals surface area (Å²) in [7, 11) is 1.65. The van der Waals surface area contributed by atoms with Crippen molar-refractivity contribution >= 4 is 15.9 Å². The molecule has 0 unspecified atom stereocenters. The van der Waals surface area contributed by atoms with Crippen LogP contribution in [0.4, 0.5) is 0 Å². The fourth-order valence-corrected chi connectivity index (χ4v) is 2.97. The minimum Gasteiger partial charge on any atom is -0.492 e. The summed E-state index contributed by atoms with van der Waals surface area (Å²) in [5, 5.41) is 3.53. The molecule has 0 aliphatic rings. The van der Waals surface area contributed by atoms with Gasteiger partial charge in [0.05, 0.1) is 18.2 Å². The predicted octanol–water partition coefficient (Wildman–Crippen LogP) is 4.71. The largest absolute Gasteiger partial charge is 0.492 e. The summed E-state index contributed by atoms with van der Waals surface area (Å²) in [6.45, 7) is 5.51. The second-order valence-corrected chi connectivity index (χ2v) is 5.91. The van der Waals surface area contributed by atoms with E-state index in [0.29, 0.717) is 6.61 Å². The van der Waals surface area contributed by atoms with Gasteiger partial charge in [-0.05, 0) is 53.0 Å². The van der Waals surface area contributed by atoms with Crippen LogP contribution in [0, 0.1) is 0 Å². The van der Waals surface area contributed by atoms with Gasteiger partial charge >= 0.3 is 0 Å². The average Bonchev–Trinajstić information content (AvgIpc) is 2.53. The van der Waals surface area contributed by atoms with E-state index < -0.39 is 0 Å². The molecule has 3 nitrogen and oxygen atoms in total. The Bertz CT molecular complexity index is 602. The summed E-state index contributed by atoms with van der Waals surface area (Å²) < 4.78 is 12.0. The molecule has 0 aromatic heterocycles. The van der Waals surface area contributed by atoms with Crippen molar-refractivity contribution in [2.45, 2.75) is 26.4 Å². The van der Waals surface area contributed by atoms with Crippen molar-refractivity contribution in [3.8, 4) is 11.5 Å². The van der Waals surface area contributed by atoms with E-state index >= 15 is 0 Å². The van der Waals surface area contributed by atoms with Crippen LogP contribution in [0.1, 0.15) is 31.0 Å². The molecular weight excluding hydrogens is 342 g/mol. The molecule has 0 aliphatic carbocycles. The number of hydrogen-bond donors (Lipinski definition) is 1. The third-order valence-corrected chi connectivity index (χ3v) is 4.07. The zero-order valence-electron chi connectivity index (χ0n) is 13.2. The molecule has 2 aromatic rings. The minimum absolute atomic E-state index is 0.289. The number of halogens is 1. The molecule has 2 rings (SSSR count). The summed E-state index contributed by atoms with van der Waals surface area (Å²) in [5.74, 6) is 1.50. The smallest absolute Gasteiger partial charge is 0.174 e. The van der Waals surface area contributed by atoms with Gasteiger partial charge in [0.15, 0.2) is 11.5 Å². The predicted molar refractivity (Wildman–Crippen MR) is 93.6 cm³/mol. The first kappa shape index (κ1) is 16.8. The zero-order chi connectivity index (χ0) is 15.9. The molecule has 0 aliphatic heterocycles. The Morgan fingerprint density at radius 3 is 2.55 bits per heavy atom. The van der Waals surface area contributed by atoms with Gasteiger partial charge in [0.25, 0.3) is 0 Å². The van der Waals surface area contributed by atoms with Crippen LogP contribution in [0.15, 0.2) is 46.9 Å². The number of rotatable bonds is 7. The highest BCUT2D eigenvalue weighted by Crippen LogP contribution is 2.36. The molecule has 0 fully saturated rings. The number of nitrogens with one attached hydrogen (secondary N) is 1. The standard InChI is InChI=1S/C18H22BrNO2/c1-4-22-17-11-14(10-16(19)18(17)21-3)12-20-13(2)15-8-6-5-7-9-15/h5-11,13,20H,4,12H2,1-3H3/t13-/m1/s1. The highest BCUT2D eigenvalue weighted by Gasteiger charge is 2.12. The number of methoxy groups -OCH3 is 1. The normalized spacial score (nSPS) is 12.0. The van der Waals surface area contributed by atoms with Crippen molar-refractivity contribution in [2.24, 2.45) is 0 Å². The molecule has 0 heterocycles. The number of benzene rings is 2. The molecular formula is C18H22BrNO2. The lowest BCUT2D eigenvalue weighted by molar-refractivity contribution is 0.309. The third kappa shape index (κ3) is 4.24. The monoisotopic (exact) mass is 363 g/mol. The summed E-state index contributed by atoms with van der Waals surface area (Å²) in [5.41, 5.74) is 2.43. The molecule has 0 saturated heterocycles. The highest BCUT2D eigenvalue weighted by molar-refractivity contribution is 9.10. The summed E-state index contributed by atoms with van der Waals surface area (Å²) in [4.78, 5) is 0. The zero-order valence-corrected chi connectivity index (χ0v) is 14.8. The topological polar surface area (TPSA) is 30.5 Å². The van der Waals surface area contributed by atoms with Gasteiger partial charge < -0.3 is 14.8 Å². The van der Waals surface area contributed by atoms with E-state index in [1.54, 1.807) is 7.11 Å². The van der Waals surface area contributed by atoms with Gasteiger partial charge in [0.1, 0.15) is 0 Å². The van der Waals surface area contributed by atoms with Crippen LogP contribution >= 0.6 is 15.9 Å².